The first-order valence-corrected chi connectivity index (χ1v) is 17.3. The van der Waals surface area contributed by atoms with Gasteiger partial charge in [0.15, 0.2) is 0 Å². The summed E-state index contributed by atoms with van der Waals surface area (Å²) >= 11 is 1.87. The van der Waals surface area contributed by atoms with Gasteiger partial charge in [0.1, 0.15) is 0 Å². The van der Waals surface area contributed by atoms with Gasteiger partial charge in [0, 0.05) is 36.8 Å². The fraction of sp³-hybridized carbons (Fsp3) is 0. The Hall–Kier alpha value is -5.96. The van der Waals surface area contributed by atoms with Gasteiger partial charge in [-0.1, -0.05) is 140 Å². The second kappa shape index (κ2) is 10.8. The van der Waals surface area contributed by atoms with Gasteiger partial charge in [-0.15, -0.1) is 11.3 Å². The second-order valence-corrected chi connectivity index (χ2v) is 13.6. The predicted molar refractivity (Wildman–Crippen MR) is 209 cm³/mol. The molecule has 0 fully saturated rings. The summed E-state index contributed by atoms with van der Waals surface area (Å²) in [5.41, 5.74) is 5.84. The second-order valence-electron chi connectivity index (χ2n) is 12.5. The van der Waals surface area contributed by atoms with Crippen molar-refractivity contribution in [1.82, 2.24) is 0 Å². The lowest BCUT2D eigenvalue weighted by molar-refractivity contribution is 1.31. The van der Waals surface area contributed by atoms with Crippen molar-refractivity contribution in [1.29, 1.82) is 0 Å². The zero-order valence-electron chi connectivity index (χ0n) is 26.1. The SMILES string of the molecule is c1ccc(-c2ccccc2N(c2ccc3ccc4sc5ccccc5c4c3c2)c2cc3ccc4ccccc4c3c3ccccc23)cc1. The molecule has 0 N–H and O–H groups in total. The van der Waals surface area contributed by atoms with E-state index >= 15 is 0 Å². The van der Waals surface area contributed by atoms with Crippen LogP contribution in [0.15, 0.2) is 176 Å². The number of hydrogen-bond acceptors (Lipinski definition) is 2. The first-order valence-electron chi connectivity index (χ1n) is 16.4. The maximum Gasteiger partial charge on any atom is 0.0546 e. The van der Waals surface area contributed by atoms with Gasteiger partial charge in [0.2, 0.25) is 0 Å². The summed E-state index contributed by atoms with van der Waals surface area (Å²) in [6, 6.07) is 64.6. The van der Waals surface area contributed by atoms with Gasteiger partial charge in [-0.2, -0.15) is 0 Å². The summed E-state index contributed by atoms with van der Waals surface area (Å²) in [6.07, 6.45) is 0. The van der Waals surface area contributed by atoms with Crippen molar-refractivity contribution in [3.63, 3.8) is 0 Å². The van der Waals surface area contributed by atoms with E-state index in [2.05, 4.69) is 181 Å². The molecule has 0 radical (unpaired) electrons. The number of anilines is 3. The standard InChI is InChI=1S/C46H29NS/c1-2-12-30(13-3-1)35-15-8-10-20-41(35)47(34-26-24-32-25-27-44-46(40(32)29-34)39-19-9-11-21-43(39)48-44)42-28-33-23-22-31-14-4-5-16-36(31)45(33)38-18-7-6-17-37(38)42/h1-29H. The lowest BCUT2D eigenvalue weighted by atomic mass is 9.94. The lowest BCUT2D eigenvalue weighted by Crippen LogP contribution is -2.12. The molecular formula is C46H29NS. The van der Waals surface area contributed by atoms with E-state index in [-0.39, 0.29) is 0 Å². The van der Waals surface area contributed by atoms with Crippen LogP contribution in [0.1, 0.15) is 0 Å². The Kier molecular flexibility index (Phi) is 6.12. The van der Waals surface area contributed by atoms with Gasteiger partial charge >= 0.3 is 0 Å². The van der Waals surface area contributed by atoms with Crippen molar-refractivity contribution >= 4 is 91.7 Å². The van der Waals surface area contributed by atoms with Crippen LogP contribution in [0.5, 0.6) is 0 Å². The lowest BCUT2D eigenvalue weighted by Gasteiger charge is -2.30. The Labute approximate surface area is 282 Å². The molecule has 1 heterocycles. The van der Waals surface area contributed by atoms with Crippen molar-refractivity contribution in [3.8, 4) is 11.1 Å². The molecule has 0 aliphatic heterocycles. The molecule has 9 aromatic carbocycles. The van der Waals surface area contributed by atoms with Gasteiger partial charge < -0.3 is 4.90 Å². The third-order valence-electron chi connectivity index (χ3n) is 9.80. The van der Waals surface area contributed by atoms with E-state index in [1.165, 1.54) is 80.1 Å². The highest BCUT2D eigenvalue weighted by molar-refractivity contribution is 7.26. The fourth-order valence-electron chi connectivity index (χ4n) is 7.65. The van der Waals surface area contributed by atoms with Gasteiger partial charge in [-0.3, -0.25) is 0 Å². The molecule has 0 spiro atoms. The highest BCUT2D eigenvalue weighted by Crippen LogP contribution is 2.48. The molecule has 0 amide bonds. The summed E-state index contributed by atoms with van der Waals surface area (Å²) in [4.78, 5) is 2.49. The average Bonchev–Trinajstić information content (AvgIpc) is 3.55. The molecule has 48 heavy (non-hydrogen) atoms. The van der Waals surface area contributed by atoms with Crippen LogP contribution in [0.25, 0.3) is 74.4 Å². The van der Waals surface area contributed by atoms with Crippen molar-refractivity contribution in [2.24, 2.45) is 0 Å². The van der Waals surface area contributed by atoms with E-state index in [0.717, 1.165) is 11.4 Å². The maximum absolute atomic E-state index is 2.49. The fourth-order valence-corrected chi connectivity index (χ4v) is 8.77. The zero-order valence-corrected chi connectivity index (χ0v) is 26.9. The van der Waals surface area contributed by atoms with Crippen LogP contribution in [0.3, 0.4) is 0 Å². The molecule has 0 aliphatic carbocycles. The Bertz CT molecular complexity index is 2850. The van der Waals surface area contributed by atoms with E-state index < -0.39 is 0 Å². The summed E-state index contributed by atoms with van der Waals surface area (Å²) < 4.78 is 2.64. The Morgan fingerprint density at radius 3 is 1.90 bits per heavy atom. The van der Waals surface area contributed by atoms with E-state index in [4.69, 9.17) is 0 Å². The largest absolute Gasteiger partial charge is 0.309 e. The number of fused-ring (bicyclic) bond motifs is 10. The average molecular weight is 628 g/mol. The zero-order chi connectivity index (χ0) is 31.6. The quantitative estimate of drug-likeness (QED) is 0.176. The third kappa shape index (κ3) is 4.17. The number of thiophene rings is 1. The Morgan fingerprint density at radius 2 is 1.00 bits per heavy atom. The van der Waals surface area contributed by atoms with Crippen LogP contribution < -0.4 is 4.90 Å². The minimum absolute atomic E-state index is 1.14. The molecule has 2 heteroatoms. The monoisotopic (exact) mass is 627 g/mol. The Balaban J connectivity index is 1.33. The van der Waals surface area contributed by atoms with Crippen LogP contribution in [0, 0.1) is 0 Å². The number of nitrogens with zero attached hydrogens (tertiary/aromatic N) is 1. The van der Waals surface area contributed by atoms with E-state index in [0.29, 0.717) is 0 Å². The molecule has 10 aromatic rings. The highest BCUT2D eigenvalue weighted by atomic mass is 32.1. The van der Waals surface area contributed by atoms with Crippen LogP contribution in [-0.4, -0.2) is 0 Å². The summed E-state index contributed by atoms with van der Waals surface area (Å²) in [6.45, 7) is 0. The summed E-state index contributed by atoms with van der Waals surface area (Å²) in [5, 5.41) is 12.7. The minimum atomic E-state index is 1.14. The molecule has 1 aromatic heterocycles. The molecular weight excluding hydrogens is 599 g/mol. The van der Waals surface area contributed by atoms with Crippen molar-refractivity contribution in [3.05, 3.63) is 176 Å². The van der Waals surface area contributed by atoms with E-state index in [9.17, 15) is 0 Å². The van der Waals surface area contributed by atoms with Crippen LogP contribution in [0.2, 0.25) is 0 Å². The molecule has 10 rings (SSSR count). The first kappa shape index (κ1) is 27.2. The molecule has 0 saturated carbocycles. The van der Waals surface area contributed by atoms with Crippen molar-refractivity contribution in [2.75, 3.05) is 4.90 Å². The highest BCUT2D eigenvalue weighted by Gasteiger charge is 2.22. The summed E-state index contributed by atoms with van der Waals surface area (Å²) in [7, 11) is 0. The normalized spacial score (nSPS) is 11.8. The smallest absolute Gasteiger partial charge is 0.0546 e. The number of rotatable bonds is 4. The molecule has 1 nitrogen and oxygen atoms in total. The van der Waals surface area contributed by atoms with Crippen molar-refractivity contribution < 1.29 is 0 Å². The molecule has 0 saturated heterocycles. The molecule has 0 bridgehead atoms. The number of benzene rings is 9. The van der Waals surface area contributed by atoms with E-state index in [1.807, 2.05) is 11.3 Å². The maximum atomic E-state index is 2.49. The van der Waals surface area contributed by atoms with Gasteiger partial charge in [-0.25, -0.2) is 0 Å². The topological polar surface area (TPSA) is 3.24 Å². The Morgan fingerprint density at radius 1 is 0.354 bits per heavy atom. The molecule has 0 aliphatic rings. The van der Waals surface area contributed by atoms with E-state index in [1.54, 1.807) is 0 Å². The van der Waals surface area contributed by atoms with Crippen LogP contribution in [-0.2, 0) is 0 Å². The van der Waals surface area contributed by atoms with Gasteiger partial charge in [-0.05, 0) is 79.7 Å². The van der Waals surface area contributed by atoms with Crippen molar-refractivity contribution in [2.45, 2.75) is 0 Å². The van der Waals surface area contributed by atoms with Gasteiger partial charge in [0.05, 0.1) is 11.4 Å². The first-order chi connectivity index (χ1) is 23.8. The third-order valence-corrected chi connectivity index (χ3v) is 10.9. The molecule has 0 atom stereocenters. The number of hydrogen-bond donors (Lipinski definition) is 0. The molecule has 0 unspecified atom stereocenters. The van der Waals surface area contributed by atoms with Crippen LogP contribution >= 0.6 is 11.3 Å². The van der Waals surface area contributed by atoms with Gasteiger partial charge in [0.25, 0.3) is 0 Å². The minimum Gasteiger partial charge on any atom is -0.309 e. The number of para-hydroxylation sites is 1. The molecule has 224 valence electrons. The summed E-state index contributed by atoms with van der Waals surface area (Å²) in [5.74, 6) is 0. The predicted octanol–water partition coefficient (Wildman–Crippen LogP) is 13.8. The van der Waals surface area contributed by atoms with Crippen LogP contribution in [0.4, 0.5) is 17.1 Å².